The smallest absolute Gasteiger partial charge is 0.0901 e. The van der Waals surface area contributed by atoms with Crippen LogP contribution in [0.4, 0.5) is 0 Å². The number of thiocarbonyl (C=S) groups is 1. The summed E-state index contributed by atoms with van der Waals surface area (Å²) in [5.41, 5.74) is 5.78. The normalized spacial score (nSPS) is 25.6. The Kier molecular flexibility index (Phi) is 4.16. The third-order valence-electron chi connectivity index (χ3n) is 3.78. The second-order valence-electron chi connectivity index (χ2n) is 5.11. The summed E-state index contributed by atoms with van der Waals surface area (Å²) in [5.74, 6) is 1.00. The van der Waals surface area contributed by atoms with E-state index in [2.05, 4.69) is 16.7 Å². The molecule has 1 aliphatic heterocycles. The highest BCUT2D eigenvalue weighted by atomic mass is 32.1. The molecule has 16 heavy (non-hydrogen) atoms. The largest absolute Gasteiger partial charge is 0.392 e. The Hall–Kier alpha value is -0.190. The van der Waals surface area contributed by atoms with Gasteiger partial charge < -0.3 is 10.6 Å². The van der Waals surface area contributed by atoms with Crippen LogP contribution in [0.15, 0.2) is 0 Å². The van der Waals surface area contributed by atoms with E-state index in [1.165, 1.54) is 32.5 Å². The molecule has 0 aromatic heterocycles. The molecule has 4 heteroatoms. The quantitative estimate of drug-likeness (QED) is 0.730. The van der Waals surface area contributed by atoms with Crippen molar-refractivity contribution >= 4 is 17.2 Å². The molecule has 1 saturated heterocycles. The topological polar surface area (TPSA) is 32.5 Å². The SMILES string of the molecule is CCC(C(N)=S)N1CCN(CC2CC2)CC1. The lowest BCUT2D eigenvalue weighted by Crippen LogP contribution is -2.53. The van der Waals surface area contributed by atoms with Crippen molar-refractivity contribution in [2.24, 2.45) is 11.7 Å². The maximum atomic E-state index is 5.78. The molecule has 0 aromatic rings. The van der Waals surface area contributed by atoms with E-state index in [0.29, 0.717) is 11.0 Å². The molecule has 1 heterocycles. The zero-order chi connectivity index (χ0) is 11.5. The van der Waals surface area contributed by atoms with Gasteiger partial charge in [0.05, 0.1) is 11.0 Å². The minimum Gasteiger partial charge on any atom is -0.392 e. The number of hydrogen-bond acceptors (Lipinski definition) is 3. The molecule has 0 aromatic carbocycles. The second-order valence-corrected chi connectivity index (χ2v) is 5.58. The molecule has 0 radical (unpaired) electrons. The van der Waals surface area contributed by atoms with Crippen molar-refractivity contribution in [2.75, 3.05) is 32.7 Å². The lowest BCUT2D eigenvalue weighted by atomic mass is 10.1. The Morgan fingerprint density at radius 2 is 1.94 bits per heavy atom. The summed E-state index contributed by atoms with van der Waals surface area (Å²) in [5, 5.41) is 0. The van der Waals surface area contributed by atoms with E-state index in [-0.39, 0.29) is 0 Å². The Morgan fingerprint density at radius 3 is 2.38 bits per heavy atom. The highest BCUT2D eigenvalue weighted by Crippen LogP contribution is 2.30. The van der Waals surface area contributed by atoms with Gasteiger partial charge in [0, 0.05) is 32.7 Å². The van der Waals surface area contributed by atoms with Crippen LogP contribution in [0, 0.1) is 5.92 Å². The molecule has 1 aliphatic carbocycles. The van der Waals surface area contributed by atoms with Crippen molar-refractivity contribution in [3.8, 4) is 0 Å². The summed E-state index contributed by atoms with van der Waals surface area (Å²) < 4.78 is 0. The van der Waals surface area contributed by atoms with Crippen molar-refractivity contribution < 1.29 is 0 Å². The van der Waals surface area contributed by atoms with Gasteiger partial charge >= 0.3 is 0 Å². The van der Waals surface area contributed by atoms with Gasteiger partial charge in [-0.25, -0.2) is 0 Å². The fourth-order valence-electron chi connectivity index (χ4n) is 2.56. The monoisotopic (exact) mass is 241 g/mol. The van der Waals surface area contributed by atoms with Crippen LogP contribution in [0.25, 0.3) is 0 Å². The van der Waals surface area contributed by atoms with Gasteiger partial charge in [-0.2, -0.15) is 0 Å². The number of nitrogens with two attached hydrogens (primary N) is 1. The van der Waals surface area contributed by atoms with E-state index in [0.717, 1.165) is 25.4 Å². The van der Waals surface area contributed by atoms with Gasteiger partial charge in [-0.3, -0.25) is 4.90 Å². The molecular weight excluding hydrogens is 218 g/mol. The summed E-state index contributed by atoms with van der Waals surface area (Å²) in [7, 11) is 0. The fraction of sp³-hybridized carbons (Fsp3) is 0.917. The third kappa shape index (κ3) is 3.15. The van der Waals surface area contributed by atoms with Gasteiger partial charge in [-0.1, -0.05) is 19.1 Å². The van der Waals surface area contributed by atoms with Crippen LogP contribution < -0.4 is 5.73 Å². The number of nitrogens with zero attached hydrogens (tertiary/aromatic N) is 2. The molecule has 0 amide bonds. The summed E-state index contributed by atoms with van der Waals surface area (Å²) in [6, 6.07) is 0.318. The van der Waals surface area contributed by atoms with Crippen molar-refractivity contribution in [2.45, 2.75) is 32.2 Å². The first-order chi connectivity index (χ1) is 7.70. The Labute approximate surface area is 104 Å². The predicted octanol–water partition coefficient (Wildman–Crippen LogP) is 1.08. The van der Waals surface area contributed by atoms with E-state index in [9.17, 15) is 0 Å². The molecule has 2 aliphatic rings. The minimum absolute atomic E-state index is 0.318. The highest BCUT2D eigenvalue weighted by Gasteiger charge is 2.28. The van der Waals surface area contributed by atoms with Gasteiger partial charge in [0.25, 0.3) is 0 Å². The predicted molar refractivity (Wildman–Crippen MR) is 71.6 cm³/mol. The van der Waals surface area contributed by atoms with Crippen LogP contribution in [0.5, 0.6) is 0 Å². The van der Waals surface area contributed by atoms with E-state index < -0.39 is 0 Å². The average Bonchev–Trinajstić information content (AvgIpc) is 3.05. The molecule has 92 valence electrons. The summed E-state index contributed by atoms with van der Waals surface area (Å²) >= 11 is 5.13. The maximum Gasteiger partial charge on any atom is 0.0901 e. The maximum absolute atomic E-state index is 5.78. The van der Waals surface area contributed by atoms with Crippen molar-refractivity contribution in [3.05, 3.63) is 0 Å². The second kappa shape index (κ2) is 5.43. The molecule has 2 rings (SSSR count). The summed E-state index contributed by atoms with van der Waals surface area (Å²) in [4.78, 5) is 5.71. The van der Waals surface area contributed by atoms with Crippen LogP contribution in [0.2, 0.25) is 0 Å². The first-order valence-electron chi connectivity index (χ1n) is 6.46. The summed E-state index contributed by atoms with van der Waals surface area (Å²) in [6.07, 6.45) is 3.94. The first kappa shape index (κ1) is 12.3. The van der Waals surface area contributed by atoms with Gasteiger partial charge in [0.2, 0.25) is 0 Å². The molecular formula is C12H23N3S. The average molecular weight is 241 g/mol. The Balaban J connectivity index is 1.76. The minimum atomic E-state index is 0.318. The molecule has 1 saturated carbocycles. The first-order valence-corrected chi connectivity index (χ1v) is 6.87. The molecule has 2 fully saturated rings. The van der Waals surface area contributed by atoms with Gasteiger partial charge in [0.1, 0.15) is 0 Å². The van der Waals surface area contributed by atoms with Crippen molar-refractivity contribution in [1.29, 1.82) is 0 Å². The van der Waals surface area contributed by atoms with Gasteiger partial charge in [-0.15, -0.1) is 0 Å². The molecule has 0 spiro atoms. The van der Waals surface area contributed by atoms with Crippen molar-refractivity contribution in [1.82, 2.24) is 9.80 Å². The standard InChI is InChI=1S/C12H23N3S/c1-2-11(12(13)16)15-7-5-14(6-8-15)9-10-3-4-10/h10-11H,2-9H2,1H3,(H2,13,16). The van der Waals surface area contributed by atoms with Gasteiger partial charge in [0.15, 0.2) is 0 Å². The van der Waals surface area contributed by atoms with Crippen molar-refractivity contribution in [3.63, 3.8) is 0 Å². The van der Waals surface area contributed by atoms with E-state index in [1.807, 2.05) is 0 Å². The van der Waals surface area contributed by atoms with Crippen LogP contribution in [0.3, 0.4) is 0 Å². The Bertz CT molecular complexity index is 245. The highest BCUT2D eigenvalue weighted by molar-refractivity contribution is 7.80. The fourth-order valence-corrected chi connectivity index (χ4v) is 2.88. The zero-order valence-corrected chi connectivity index (χ0v) is 11.0. The zero-order valence-electron chi connectivity index (χ0n) is 10.2. The lowest BCUT2D eigenvalue weighted by molar-refractivity contribution is 0.113. The van der Waals surface area contributed by atoms with Crippen LogP contribution in [0.1, 0.15) is 26.2 Å². The molecule has 1 unspecified atom stereocenters. The van der Waals surface area contributed by atoms with E-state index in [1.54, 1.807) is 0 Å². The number of piperazine rings is 1. The third-order valence-corrected chi connectivity index (χ3v) is 4.05. The van der Waals surface area contributed by atoms with Crippen LogP contribution >= 0.6 is 12.2 Å². The summed E-state index contributed by atoms with van der Waals surface area (Å²) in [6.45, 7) is 8.12. The van der Waals surface area contributed by atoms with Gasteiger partial charge in [-0.05, 0) is 25.2 Å². The van der Waals surface area contributed by atoms with Crippen LogP contribution in [-0.4, -0.2) is 53.6 Å². The Morgan fingerprint density at radius 1 is 1.31 bits per heavy atom. The van der Waals surface area contributed by atoms with E-state index >= 15 is 0 Å². The molecule has 2 N–H and O–H groups in total. The van der Waals surface area contributed by atoms with E-state index in [4.69, 9.17) is 18.0 Å². The lowest BCUT2D eigenvalue weighted by Gasteiger charge is -2.38. The van der Waals surface area contributed by atoms with Crippen LogP contribution in [-0.2, 0) is 0 Å². The molecule has 1 atom stereocenters. The molecule has 3 nitrogen and oxygen atoms in total. The number of hydrogen-bond donors (Lipinski definition) is 1. The molecule has 0 bridgehead atoms. The number of rotatable bonds is 5.